The summed E-state index contributed by atoms with van der Waals surface area (Å²) in [5, 5.41) is 6.68. The Kier molecular flexibility index (Phi) is 5.33. The van der Waals surface area contributed by atoms with Gasteiger partial charge in [0.25, 0.3) is 0 Å². The molecule has 1 aromatic rings. The number of nitrogens with one attached hydrogen (secondary N) is 1. The van der Waals surface area contributed by atoms with Gasteiger partial charge in [0, 0.05) is 38.2 Å². The van der Waals surface area contributed by atoms with Gasteiger partial charge in [-0.3, -0.25) is 4.90 Å². The van der Waals surface area contributed by atoms with Crippen LogP contribution in [0.3, 0.4) is 0 Å². The van der Waals surface area contributed by atoms with Crippen molar-refractivity contribution in [2.75, 3.05) is 40.4 Å². The minimum absolute atomic E-state index is 0.354. The lowest BCUT2D eigenvalue weighted by Crippen LogP contribution is -2.45. The monoisotopic (exact) mass is 283 g/mol. The molecule has 1 fully saturated rings. The Hall–Kier alpha value is -0.490. The van der Waals surface area contributed by atoms with E-state index in [0.717, 1.165) is 50.7 Å². The van der Waals surface area contributed by atoms with Crippen LogP contribution in [0.4, 0.5) is 0 Å². The molecular formula is C14H25N3OS. The number of thiazole rings is 1. The van der Waals surface area contributed by atoms with Gasteiger partial charge in [-0.1, -0.05) is 0 Å². The van der Waals surface area contributed by atoms with Crippen LogP contribution >= 0.6 is 11.3 Å². The van der Waals surface area contributed by atoms with E-state index < -0.39 is 0 Å². The molecule has 0 radical (unpaired) electrons. The molecule has 0 amide bonds. The maximum atomic E-state index is 5.52. The lowest BCUT2D eigenvalue weighted by molar-refractivity contribution is -0.000856. The second-order valence-electron chi connectivity index (χ2n) is 5.67. The number of rotatable bonds is 6. The average Bonchev–Trinajstić information content (AvgIpc) is 2.75. The van der Waals surface area contributed by atoms with Gasteiger partial charge in [-0.05, 0) is 39.3 Å². The number of hydrogen-bond acceptors (Lipinski definition) is 5. The Bertz CT molecular complexity index is 382. The minimum Gasteiger partial charge on any atom is -0.381 e. The third-order valence-corrected chi connectivity index (χ3v) is 4.63. The standard InChI is InChI=1S/C14H25N3OS/c1-12-16-13(9-19-12)8-17(3)11-14(10-15-2)4-6-18-7-5-14/h9,15H,4-8,10-11H2,1-3H3. The SMILES string of the molecule is CNCC1(CN(C)Cc2csc(C)n2)CCOCC1. The average molecular weight is 283 g/mol. The van der Waals surface area contributed by atoms with E-state index in [1.54, 1.807) is 11.3 Å². The van der Waals surface area contributed by atoms with Gasteiger partial charge < -0.3 is 10.1 Å². The molecule has 0 spiro atoms. The predicted molar refractivity (Wildman–Crippen MR) is 79.6 cm³/mol. The molecule has 0 aromatic carbocycles. The lowest BCUT2D eigenvalue weighted by atomic mass is 9.79. The molecule has 1 aromatic heterocycles. The number of nitrogens with zero attached hydrogens (tertiary/aromatic N) is 2. The first-order valence-corrected chi connectivity index (χ1v) is 7.83. The van der Waals surface area contributed by atoms with E-state index in [1.165, 1.54) is 5.69 Å². The van der Waals surface area contributed by atoms with Crippen LogP contribution in [0.2, 0.25) is 0 Å². The second-order valence-corrected chi connectivity index (χ2v) is 6.74. The van der Waals surface area contributed by atoms with Crippen molar-refractivity contribution < 1.29 is 4.74 Å². The van der Waals surface area contributed by atoms with Gasteiger partial charge in [0.2, 0.25) is 0 Å². The fourth-order valence-corrected chi connectivity index (χ4v) is 3.56. The van der Waals surface area contributed by atoms with E-state index in [1.807, 2.05) is 7.05 Å². The molecule has 0 aliphatic carbocycles. The molecule has 5 heteroatoms. The zero-order valence-corrected chi connectivity index (χ0v) is 13.1. The molecule has 1 saturated heterocycles. The Morgan fingerprint density at radius 2 is 2.21 bits per heavy atom. The Labute approximate surface area is 120 Å². The Morgan fingerprint density at radius 3 is 2.79 bits per heavy atom. The van der Waals surface area contributed by atoms with Crippen molar-refractivity contribution in [1.29, 1.82) is 0 Å². The maximum Gasteiger partial charge on any atom is 0.0897 e. The molecule has 108 valence electrons. The summed E-state index contributed by atoms with van der Waals surface area (Å²) in [6, 6.07) is 0. The van der Waals surface area contributed by atoms with Gasteiger partial charge in [0.1, 0.15) is 0 Å². The number of aromatic nitrogens is 1. The molecule has 1 N–H and O–H groups in total. The van der Waals surface area contributed by atoms with Gasteiger partial charge in [-0.15, -0.1) is 11.3 Å². The summed E-state index contributed by atoms with van der Waals surface area (Å²) >= 11 is 1.73. The molecule has 2 rings (SSSR count). The maximum absolute atomic E-state index is 5.52. The summed E-state index contributed by atoms with van der Waals surface area (Å²) in [6.07, 6.45) is 2.29. The summed E-state index contributed by atoms with van der Waals surface area (Å²) in [5.41, 5.74) is 1.55. The molecular weight excluding hydrogens is 258 g/mol. The highest BCUT2D eigenvalue weighted by Gasteiger charge is 2.33. The third-order valence-electron chi connectivity index (χ3n) is 3.81. The second kappa shape index (κ2) is 6.79. The molecule has 0 bridgehead atoms. The van der Waals surface area contributed by atoms with Gasteiger partial charge in [0.15, 0.2) is 0 Å². The predicted octanol–water partition coefficient (Wildman–Crippen LogP) is 1.90. The summed E-state index contributed by atoms with van der Waals surface area (Å²) in [5.74, 6) is 0. The van der Waals surface area contributed by atoms with E-state index >= 15 is 0 Å². The number of aryl methyl sites for hydroxylation is 1. The van der Waals surface area contributed by atoms with Crippen molar-refractivity contribution in [3.63, 3.8) is 0 Å². The van der Waals surface area contributed by atoms with Crippen LogP contribution in [0.5, 0.6) is 0 Å². The zero-order chi connectivity index (χ0) is 13.7. The van der Waals surface area contributed by atoms with Crippen molar-refractivity contribution in [1.82, 2.24) is 15.2 Å². The first-order valence-electron chi connectivity index (χ1n) is 6.95. The summed E-state index contributed by atoms with van der Waals surface area (Å²) < 4.78 is 5.52. The van der Waals surface area contributed by atoms with E-state index in [9.17, 15) is 0 Å². The fraction of sp³-hybridized carbons (Fsp3) is 0.786. The molecule has 0 atom stereocenters. The van der Waals surface area contributed by atoms with Crippen LogP contribution in [-0.2, 0) is 11.3 Å². The van der Waals surface area contributed by atoms with Crippen LogP contribution in [-0.4, -0.2) is 50.3 Å². The largest absolute Gasteiger partial charge is 0.381 e. The zero-order valence-electron chi connectivity index (χ0n) is 12.2. The van der Waals surface area contributed by atoms with Crippen molar-refractivity contribution >= 4 is 11.3 Å². The van der Waals surface area contributed by atoms with Gasteiger partial charge in [-0.2, -0.15) is 0 Å². The Balaban J connectivity index is 1.92. The highest BCUT2D eigenvalue weighted by molar-refractivity contribution is 7.09. The van der Waals surface area contributed by atoms with Crippen molar-refractivity contribution in [3.05, 3.63) is 16.1 Å². The van der Waals surface area contributed by atoms with Gasteiger partial charge in [-0.25, -0.2) is 4.98 Å². The van der Waals surface area contributed by atoms with Crippen molar-refractivity contribution in [3.8, 4) is 0 Å². The van der Waals surface area contributed by atoms with Crippen LogP contribution in [0.15, 0.2) is 5.38 Å². The topological polar surface area (TPSA) is 37.4 Å². The summed E-state index contributed by atoms with van der Waals surface area (Å²) in [6.45, 7) is 6.97. The molecule has 1 aliphatic heterocycles. The van der Waals surface area contributed by atoms with E-state index in [0.29, 0.717) is 5.41 Å². The van der Waals surface area contributed by atoms with Crippen LogP contribution in [0.1, 0.15) is 23.5 Å². The van der Waals surface area contributed by atoms with E-state index in [2.05, 4.69) is 34.6 Å². The molecule has 0 unspecified atom stereocenters. The van der Waals surface area contributed by atoms with Crippen LogP contribution in [0.25, 0.3) is 0 Å². The molecule has 1 aliphatic rings. The smallest absolute Gasteiger partial charge is 0.0897 e. The van der Waals surface area contributed by atoms with Crippen molar-refractivity contribution in [2.45, 2.75) is 26.3 Å². The fourth-order valence-electron chi connectivity index (χ4n) is 2.96. The van der Waals surface area contributed by atoms with E-state index in [4.69, 9.17) is 4.74 Å². The van der Waals surface area contributed by atoms with Crippen molar-refractivity contribution in [2.24, 2.45) is 5.41 Å². The first-order chi connectivity index (χ1) is 9.13. The minimum atomic E-state index is 0.354. The summed E-state index contributed by atoms with van der Waals surface area (Å²) in [4.78, 5) is 6.95. The number of ether oxygens (including phenoxy) is 1. The van der Waals surface area contributed by atoms with E-state index in [-0.39, 0.29) is 0 Å². The van der Waals surface area contributed by atoms with Crippen LogP contribution in [0, 0.1) is 12.3 Å². The Morgan fingerprint density at radius 1 is 1.47 bits per heavy atom. The summed E-state index contributed by atoms with van der Waals surface area (Å²) in [7, 11) is 4.24. The first kappa shape index (κ1) is 14.9. The molecule has 19 heavy (non-hydrogen) atoms. The lowest BCUT2D eigenvalue weighted by Gasteiger charge is -2.40. The quantitative estimate of drug-likeness (QED) is 0.865. The molecule has 2 heterocycles. The normalized spacial score (nSPS) is 18.9. The van der Waals surface area contributed by atoms with Gasteiger partial charge in [0.05, 0.1) is 10.7 Å². The molecule has 0 saturated carbocycles. The number of hydrogen-bond donors (Lipinski definition) is 1. The van der Waals surface area contributed by atoms with Crippen LogP contribution < -0.4 is 5.32 Å². The molecule has 4 nitrogen and oxygen atoms in total. The highest BCUT2D eigenvalue weighted by Crippen LogP contribution is 2.31. The highest BCUT2D eigenvalue weighted by atomic mass is 32.1. The van der Waals surface area contributed by atoms with Gasteiger partial charge >= 0.3 is 0 Å². The third kappa shape index (κ3) is 4.24.